The molecule has 15 heavy (non-hydrogen) atoms. The molecule has 0 aliphatic carbocycles. The van der Waals surface area contributed by atoms with Crippen LogP contribution in [0.1, 0.15) is 5.56 Å². The van der Waals surface area contributed by atoms with E-state index in [0.29, 0.717) is 5.56 Å². The van der Waals surface area contributed by atoms with Crippen LogP contribution >= 0.6 is 0 Å². The first-order chi connectivity index (χ1) is 7.31. The van der Waals surface area contributed by atoms with Crippen LogP contribution in [0.4, 0.5) is 5.69 Å². The smallest absolute Gasteiger partial charge is 0.135 e. The van der Waals surface area contributed by atoms with Crippen LogP contribution in [0.15, 0.2) is 18.2 Å². The minimum absolute atomic E-state index is 0.0635. The van der Waals surface area contributed by atoms with Crippen molar-refractivity contribution in [2.45, 2.75) is 0 Å². The molecule has 0 unspecified atom stereocenters. The molecule has 0 spiro atoms. The summed E-state index contributed by atoms with van der Waals surface area (Å²) in [5.41, 5.74) is 1.31. The summed E-state index contributed by atoms with van der Waals surface area (Å²) < 4.78 is 0. The minimum Gasteiger partial charge on any atom is -0.506 e. The number of piperazine rings is 1. The lowest BCUT2D eigenvalue weighted by Crippen LogP contribution is -2.43. The third-order valence-electron chi connectivity index (χ3n) is 2.58. The van der Waals surface area contributed by atoms with Gasteiger partial charge in [-0.25, -0.2) is 0 Å². The zero-order chi connectivity index (χ0) is 10.7. The number of nitrogens with zero attached hydrogens (tertiary/aromatic N) is 2. The molecule has 78 valence electrons. The molecular weight excluding hydrogens is 190 g/mol. The normalized spacial score (nSPS) is 16.1. The second kappa shape index (κ2) is 4.20. The van der Waals surface area contributed by atoms with Crippen LogP contribution in [0.5, 0.6) is 5.75 Å². The van der Waals surface area contributed by atoms with Gasteiger partial charge in [-0.3, -0.25) is 0 Å². The molecule has 1 saturated heterocycles. The number of aromatic hydroxyl groups is 1. The van der Waals surface area contributed by atoms with Crippen LogP contribution in [-0.2, 0) is 0 Å². The van der Waals surface area contributed by atoms with E-state index < -0.39 is 0 Å². The van der Waals surface area contributed by atoms with Crippen molar-refractivity contribution in [2.24, 2.45) is 0 Å². The van der Waals surface area contributed by atoms with E-state index in [2.05, 4.69) is 10.2 Å². The van der Waals surface area contributed by atoms with Crippen LogP contribution in [0.2, 0.25) is 0 Å². The summed E-state index contributed by atoms with van der Waals surface area (Å²) in [5.74, 6) is 0.0635. The van der Waals surface area contributed by atoms with Gasteiger partial charge in [-0.1, -0.05) is 0 Å². The van der Waals surface area contributed by atoms with Crippen LogP contribution < -0.4 is 10.2 Å². The monoisotopic (exact) mass is 203 g/mol. The van der Waals surface area contributed by atoms with E-state index in [1.807, 2.05) is 12.1 Å². The average molecular weight is 203 g/mol. The quantitative estimate of drug-likeness (QED) is 0.704. The molecule has 2 rings (SSSR count). The predicted octanol–water partition coefficient (Wildman–Crippen LogP) is 0.673. The summed E-state index contributed by atoms with van der Waals surface area (Å²) in [7, 11) is 0. The Morgan fingerprint density at radius 2 is 2.07 bits per heavy atom. The van der Waals surface area contributed by atoms with Crippen molar-refractivity contribution in [2.75, 3.05) is 31.1 Å². The van der Waals surface area contributed by atoms with E-state index in [1.54, 1.807) is 12.1 Å². The van der Waals surface area contributed by atoms with E-state index >= 15 is 0 Å². The highest BCUT2D eigenvalue weighted by atomic mass is 16.3. The largest absolute Gasteiger partial charge is 0.506 e. The van der Waals surface area contributed by atoms with Gasteiger partial charge in [-0.2, -0.15) is 5.26 Å². The topological polar surface area (TPSA) is 59.3 Å². The van der Waals surface area contributed by atoms with Crippen molar-refractivity contribution < 1.29 is 5.11 Å². The molecular formula is C11H13N3O. The molecule has 1 heterocycles. The third-order valence-corrected chi connectivity index (χ3v) is 2.58. The molecule has 1 aromatic rings. The summed E-state index contributed by atoms with van der Waals surface area (Å²) in [5, 5.41) is 21.5. The van der Waals surface area contributed by atoms with Crippen molar-refractivity contribution >= 4 is 5.69 Å². The number of hydrogen-bond donors (Lipinski definition) is 2. The molecule has 1 aliphatic rings. The van der Waals surface area contributed by atoms with Crippen LogP contribution in [0, 0.1) is 11.3 Å². The first-order valence-electron chi connectivity index (χ1n) is 5.00. The van der Waals surface area contributed by atoms with E-state index in [0.717, 1.165) is 31.9 Å². The highest BCUT2D eigenvalue weighted by Crippen LogP contribution is 2.24. The summed E-state index contributed by atoms with van der Waals surface area (Å²) in [6, 6.07) is 7.14. The Labute approximate surface area is 88.7 Å². The Kier molecular flexibility index (Phi) is 2.75. The maximum atomic E-state index is 9.56. The fourth-order valence-corrected chi connectivity index (χ4v) is 1.73. The van der Waals surface area contributed by atoms with Gasteiger partial charge in [0, 0.05) is 37.9 Å². The Bertz CT molecular complexity index is 391. The van der Waals surface area contributed by atoms with E-state index in [4.69, 9.17) is 5.26 Å². The molecule has 0 aromatic heterocycles. The number of nitriles is 1. The highest BCUT2D eigenvalue weighted by Gasteiger charge is 2.11. The van der Waals surface area contributed by atoms with Crippen molar-refractivity contribution in [3.8, 4) is 11.8 Å². The number of anilines is 1. The molecule has 0 amide bonds. The first kappa shape index (κ1) is 9.81. The average Bonchev–Trinajstić information content (AvgIpc) is 2.30. The number of nitrogens with one attached hydrogen (secondary N) is 1. The van der Waals surface area contributed by atoms with Gasteiger partial charge < -0.3 is 15.3 Å². The predicted molar refractivity (Wildman–Crippen MR) is 57.9 cm³/mol. The SMILES string of the molecule is N#Cc1ccc(N2CCNCC2)cc1O. The van der Waals surface area contributed by atoms with Gasteiger partial charge in [-0.15, -0.1) is 0 Å². The Hall–Kier alpha value is -1.73. The number of hydrogen-bond acceptors (Lipinski definition) is 4. The third kappa shape index (κ3) is 2.03. The van der Waals surface area contributed by atoms with E-state index in [9.17, 15) is 5.11 Å². The van der Waals surface area contributed by atoms with Gasteiger partial charge in [0.05, 0.1) is 5.56 Å². The number of phenols is 1. The molecule has 0 bridgehead atoms. The van der Waals surface area contributed by atoms with Crippen molar-refractivity contribution in [3.05, 3.63) is 23.8 Å². The fraction of sp³-hybridized carbons (Fsp3) is 0.364. The standard InChI is InChI=1S/C11H13N3O/c12-8-9-1-2-10(7-11(9)15)14-5-3-13-4-6-14/h1-2,7,13,15H,3-6H2. The van der Waals surface area contributed by atoms with Gasteiger partial charge >= 0.3 is 0 Å². The summed E-state index contributed by atoms with van der Waals surface area (Å²) in [6.45, 7) is 3.79. The molecule has 1 aliphatic heterocycles. The number of phenolic OH excluding ortho intramolecular Hbond substituents is 1. The van der Waals surface area contributed by atoms with Crippen LogP contribution in [-0.4, -0.2) is 31.3 Å². The lowest BCUT2D eigenvalue weighted by atomic mass is 10.2. The molecule has 1 fully saturated rings. The van der Waals surface area contributed by atoms with Gasteiger partial charge in [0.2, 0.25) is 0 Å². The van der Waals surface area contributed by atoms with Crippen LogP contribution in [0.3, 0.4) is 0 Å². The highest BCUT2D eigenvalue weighted by molar-refractivity contribution is 5.56. The zero-order valence-corrected chi connectivity index (χ0v) is 8.40. The zero-order valence-electron chi connectivity index (χ0n) is 8.40. The van der Waals surface area contributed by atoms with Crippen molar-refractivity contribution in [3.63, 3.8) is 0 Å². The van der Waals surface area contributed by atoms with Gasteiger partial charge in [0.25, 0.3) is 0 Å². The molecule has 0 atom stereocenters. The van der Waals surface area contributed by atoms with Gasteiger partial charge in [0.1, 0.15) is 11.8 Å². The van der Waals surface area contributed by atoms with E-state index in [-0.39, 0.29) is 5.75 Å². The summed E-state index contributed by atoms with van der Waals surface area (Å²) in [4.78, 5) is 2.19. The van der Waals surface area contributed by atoms with Crippen molar-refractivity contribution in [1.29, 1.82) is 5.26 Å². The summed E-state index contributed by atoms with van der Waals surface area (Å²) in [6.07, 6.45) is 0. The molecule has 1 aromatic carbocycles. The van der Waals surface area contributed by atoms with Crippen LogP contribution in [0.25, 0.3) is 0 Å². The molecule has 2 N–H and O–H groups in total. The lowest BCUT2D eigenvalue weighted by molar-refractivity contribution is 0.473. The molecule has 0 saturated carbocycles. The van der Waals surface area contributed by atoms with Crippen molar-refractivity contribution in [1.82, 2.24) is 5.32 Å². The Morgan fingerprint density at radius 1 is 1.33 bits per heavy atom. The Morgan fingerprint density at radius 3 is 2.67 bits per heavy atom. The maximum Gasteiger partial charge on any atom is 0.135 e. The Balaban J connectivity index is 2.22. The summed E-state index contributed by atoms with van der Waals surface area (Å²) >= 11 is 0. The van der Waals surface area contributed by atoms with E-state index in [1.165, 1.54) is 0 Å². The lowest BCUT2D eigenvalue weighted by Gasteiger charge is -2.29. The second-order valence-corrected chi connectivity index (χ2v) is 3.55. The molecule has 4 nitrogen and oxygen atoms in total. The van der Waals surface area contributed by atoms with Gasteiger partial charge in [-0.05, 0) is 12.1 Å². The van der Waals surface area contributed by atoms with Gasteiger partial charge in [0.15, 0.2) is 0 Å². The molecule has 0 radical (unpaired) electrons. The molecule has 4 heteroatoms. The number of benzene rings is 1. The fourth-order valence-electron chi connectivity index (χ4n) is 1.73. The number of rotatable bonds is 1. The minimum atomic E-state index is 0.0635. The maximum absolute atomic E-state index is 9.56. The second-order valence-electron chi connectivity index (χ2n) is 3.55. The first-order valence-corrected chi connectivity index (χ1v) is 5.00.